The summed E-state index contributed by atoms with van der Waals surface area (Å²) in [5.41, 5.74) is 4.75. The Morgan fingerprint density at radius 3 is 1.50 bits per heavy atom. The van der Waals surface area contributed by atoms with Crippen LogP contribution in [0.15, 0.2) is 21.0 Å². The van der Waals surface area contributed by atoms with E-state index < -0.39 is 0 Å². The monoisotopic (exact) mass is 222 g/mol. The number of halogens is 1. The summed E-state index contributed by atoms with van der Waals surface area (Å²) in [5, 5.41) is 0. The fourth-order valence-electron chi connectivity index (χ4n) is 1.57. The third-order valence-electron chi connectivity index (χ3n) is 3.01. The van der Waals surface area contributed by atoms with E-state index >= 15 is 0 Å². The third kappa shape index (κ3) is 1.53. The maximum atomic E-state index is 2.71. The predicted molar refractivity (Wildman–Crippen MR) is 52.1 cm³/mol. The van der Waals surface area contributed by atoms with Gasteiger partial charge in [-0.05, 0) is 0 Å². The summed E-state index contributed by atoms with van der Waals surface area (Å²) in [4.78, 5) is 0. The van der Waals surface area contributed by atoms with Crippen LogP contribution in [-0.4, -0.2) is 0 Å². The number of hydrogen-bond acceptors (Lipinski definition) is 0. The summed E-state index contributed by atoms with van der Waals surface area (Å²) in [6.45, 7) is 11.2. The van der Waals surface area contributed by atoms with Crippen LogP contribution in [0.2, 0.25) is 0 Å². The van der Waals surface area contributed by atoms with Crippen LogP contribution in [0, 0.1) is 5.41 Å². The average Bonchev–Trinajstić information content (AvgIpc) is 2.06. The molecule has 1 aliphatic carbocycles. The van der Waals surface area contributed by atoms with Crippen molar-refractivity contribution in [1.29, 1.82) is 0 Å². The van der Waals surface area contributed by atoms with Crippen LogP contribution in [-0.2, 0) is 17.4 Å². The molecule has 0 saturated carbocycles. The quantitative estimate of drug-likeness (QED) is 0.588. The molecule has 0 saturated heterocycles. The van der Waals surface area contributed by atoms with Crippen molar-refractivity contribution >= 4 is 12.4 Å². The molecule has 0 aliphatic heterocycles. The summed E-state index contributed by atoms with van der Waals surface area (Å²) in [5.74, 6) is 0. The Balaban J connectivity index is 0.00000121. The molecule has 0 fully saturated rings. The van der Waals surface area contributed by atoms with Crippen molar-refractivity contribution in [2.45, 2.75) is 34.6 Å². The van der Waals surface area contributed by atoms with Crippen LogP contribution < -0.4 is 0 Å². The predicted octanol–water partition coefficient (Wildman–Crippen LogP) is 3.61. The fourth-order valence-corrected chi connectivity index (χ4v) is 2.10. The van der Waals surface area contributed by atoms with Gasteiger partial charge in [0.1, 0.15) is 0 Å². The smallest absolute Gasteiger partial charge is 0.147 e. The Morgan fingerprint density at radius 1 is 1.00 bits per heavy atom. The van der Waals surface area contributed by atoms with Crippen LogP contribution in [0.5, 0.6) is 0 Å². The first-order chi connectivity index (χ1) is 4.89. The van der Waals surface area contributed by atoms with Gasteiger partial charge in [0.05, 0.1) is 0 Å². The first kappa shape index (κ1) is 12.4. The third-order valence-corrected chi connectivity index (χ3v) is 4.41. The van der Waals surface area contributed by atoms with Crippen molar-refractivity contribution in [3.8, 4) is 0 Å². The SMILES string of the molecule is CC1=C(C)C(C)(C)[C]([V])=C1C.Cl. The number of allylic oxidation sites excluding steroid dienone is 4. The summed E-state index contributed by atoms with van der Waals surface area (Å²) >= 11 is 2.71. The molecule has 68 valence electrons. The molecule has 12 heavy (non-hydrogen) atoms. The maximum Gasteiger partial charge on any atom is -0.147 e. The van der Waals surface area contributed by atoms with Crippen molar-refractivity contribution in [2.75, 3.05) is 0 Å². The Kier molecular flexibility index (Phi) is 3.72. The van der Waals surface area contributed by atoms with Crippen molar-refractivity contribution in [3.63, 3.8) is 0 Å². The molecule has 0 atom stereocenters. The Hall–Kier alpha value is 0.354. The van der Waals surface area contributed by atoms with Gasteiger partial charge >= 0.3 is 78.5 Å². The van der Waals surface area contributed by atoms with Gasteiger partial charge in [-0.3, -0.25) is 0 Å². The van der Waals surface area contributed by atoms with Crippen LogP contribution in [0.25, 0.3) is 0 Å². The van der Waals surface area contributed by atoms with Crippen LogP contribution in [0.1, 0.15) is 34.6 Å². The number of rotatable bonds is 0. The van der Waals surface area contributed by atoms with E-state index in [1.165, 1.54) is 21.0 Å². The standard InChI is InChI=1S/C10H15.ClH.V/c1-7-6-10(4,5)9(3)8(7)2;;/h1-5H3;1H;. The van der Waals surface area contributed by atoms with Crippen LogP contribution in [0.4, 0.5) is 0 Å². The minimum Gasteiger partial charge on any atom is -0.147 e. The topological polar surface area (TPSA) is 0 Å². The average molecular weight is 223 g/mol. The van der Waals surface area contributed by atoms with Gasteiger partial charge in [-0.25, -0.2) is 0 Å². The molecule has 0 N–H and O–H groups in total. The Morgan fingerprint density at radius 2 is 1.42 bits per heavy atom. The molecule has 1 rings (SSSR count). The normalized spacial score (nSPS) is 21.4. The van der Waals surface area contributed by atoms with Gasteiger partial charge < -0.3 is 0 Å². The molecule has 0 amide bonds. The Bertz CT molecular complexity index is 233. The molecule has 2 heteroatoms. The van der Waals surface area contributed by atoms with Gasteiger partial charge in [0.15, 0.2) is 0 Å². The summed E-state index contributed by atoms with van der Waals surface area (Å²) in [7, 11) is 0. The molecule has 0 spiro atoms. The molecular weight excluding hydrogens is 207 g/mol. The second-order valence-corrected chi connectivity index (χ2v) is 4.55. The first-order valence-electron chi connectivity index (χ1n) is 3.97. The van der Waals surface area contributed by atoms with Crippen LogP contribution >= 0.6 is 12.4 Å². The molecule has 0 aromatic heterocycles. The first-order valence-corrected chi connectivity index (χ1v) is 4.67. The molecule has 0 nitrogen and oxygen atoms in total. The van der Waals surface area contributed by atoms with Gasteiger partial charge in [0.25, 0.3) is 0 Å². The Labute approximate surface area is 90.9 Å². The maximum absolute atomic E-state index is 2.71. The van der Waals surface area contributed by atoms with Crippen molar-refractivity contribution in [3.05, 3.63) is 21.0 Å². The van der Waals surface area contributed by atoms with E-state index in [1.807, 2.05) is 0 Å². The van der Waals surface area contributed by atoms with E-state index in [4.69, 9.17) is 0 Å². The fraction of sp³-hybridized carbons (Fsp3) is 0.600. The zero-order valence-electron chi connectivity index (χ0n) is 8.36. The minimum absolute atomic E-state index is 0. The molecule has 0 aromatic carbocycles. The zero-order valence-corrected chi connectivity index (χ0v) is 10.6. The van der Waals surface area contributed by atoms with E-state index in [-0.39, 0.29) is 17.8 Å². The van der Waals surface area contributed by atoms with Gasteiger partial charge in [0, 0.05) is 0 Å². The van der Waals surface area contributed by atoms with Gasteiger partial charge in [0.2, 0.25) is 0 Å². The molecular formula is C10H16ClV. The van der Waals surface area contributed by atoms with Crippen molar-refractivity contribution in [1.82, 2.24) is 0 Å². The van der Waals surface area contributed by atoms with Gasteiger partial charge in [-0.1, -0.05) is 0 Å². The van der Waals surface area contributed by atoms with Gasteiger partial charge in [-0.2, -0.15) is 0 Å². The van der Waals surface area contributed by atoms with E-state index in [2.05, 4.69) is 52.0 Å². The zero-order chi connectivity index (χ0) is 8.81. The number of hydrogen-bond donors (Lipinski definition) is 0. The molecule has 0 bridgehead atoms. The largest absolute Gasteiger partial charge is 0.147 e. The summed E-state index contributed by atoms with van der Waals surface area (Å²) in [6, 6.07) is 0. The van der Waals surface area contributed by atoms with Crippen LogP contribution in [0.3, 0.4) is 0 Å². The van der Waals surface area contributed by atoms with E-state index in [1.54, 1.807) is 0 Å². The molecule has 1 aliphatic rings. The molecule has 0 unspecified atom stereocenters. The molecule has 0 radical (unpaired) electrons. The summed E-state index contributed by atoms with van der Waals surface area (Å²) < 4.78 is 1.47. The van der Waals surface area contributed by atoms with E-state index in [9.17, 15) is 0 Å². The second-order valence-electron chi connectivity index (χ2n) is 3.85. The minimum atomic E-state index is 0. The van der Waals surface area contributed by atoms with E-state index in [0.717, 1.165) is 0 Å². The molecule has 0 aromatic rings. The second kappa shape index (κ2) is 3.61. The molecule has 0 heterocycles. The van der Waals surface area contributed by atoms with Crippen molar-refractivity contribution < 1.29 is 17.4 Å². The summed E-state index contributed by atoms with van der Waals surface area (Å²) in [6.07, 6.45) is 0. The van der Waals surface area contributed by atoms with Gasteiger partial charge in [-0.15, -0.1) is 12.4 Å². The van der Waals surface area contributed by atoms with Crippen molar-refractivity contribution in [2.24, 2.45) is 5.41 Å². The van der Waals surface area contributed by atoms with E-state index in [0.29, 0.717) is 0 Å².